The highest BCUT2D eigenvalue weighted by Gasteiger charge is 2.61. The first-order valence-electron chi connectivity index (χ1n) is 11.4. The number of nitrogens with zero attached hydrogens (tertiary/aromatic N) is 2. The summed E-state index contributed by atoms with van der Waals surface area (Å²) in [4.78, 5) is 48.5. The van der Waals surface area contributed by atoms with Gasteiger partial charge in [0.2, 0.25) is 5.91 Å². The maximum Gasteiger partial charge on any atom is 0.341 e. The van der Waals surface area contributed by atoms with Gasteiger partial charge in [-0.25, -0.2) is 14.8 Å². The zero-order chi connectivity index (χ0) is 25.7. The highest BCUT2D eigenvalue weighted by molar-refractivity contribution is 7.17. The van der Waals surface area contributed by atoms with Crippen molar-refractivity contribution in [1.82, 2.24) is 0 Å². The van der Waals surface area contributed by atoms with E-state index in [1.54, 1.807) is 37.1 Å². The molecule has 0 unspecified atom stereocenters. The number of amides is 2. The maximum absolute atomic E-state index is 14.0. The van der Waals surface area contributed by atoms with E-state index in [0.29, 0.717) is 26.9 Å². The van der Waals surface area contributed by atoms with E-state index in [2.05, 4.69) is 0 Å². The lowest BCUT2D eigenvalue weighted by Crippen LogP contribution is -2.37. The van der Waals surface area contributed by atoms with Gasteiger partial charge in [-0.05, 0) is 56.2 Å². The SMILES string of the molecule is CCOC(=O)c1c(N2C(=O)[C@@H]3[C@@H](ON(c4ccccc4)[C@H]3c3ccc(Cl)cc3Cl)C2=O)sc(C)c1C. The van der Waals surface area contributed by atoms with Crippen molar-refractivity contribution < 1.29 is 24.0 Å². The number of rotatable bonds is 5. The number of carbonyl (C=O) groups is 3. The van der Waals surface area contributed by atoms with Crippen LogP contribution in [0.25, 0.3) is 0 Å². The summed E-state index contributed by atoms with van der Waals surface area (Å²) in [5.74, 6) is -2.47. The van der Waals surface area contributed by atoms with E-state index >= 15 is 0 Å². The Bertz CT molecular complexity index is 1380. The zero-order valence-electron chi connectivity index (χ0n) is 19.7. The molecule has 0 aliphatic carbocycles. The fraction of sp³-hybridized carbons (Fsp3) is 0.269. The molecule has 3 aromatic rings. The second-order valence-electron chi connectivity index (χ2n) is 8.52. The third kappa shape index (κ3) is 3.89. The molecule has 2 aliphatic heterocycles. The predicted molar refractivity (Wildman–Crippen MR) is 139 cm³/mol. The van der Waals surface area contributed by atoms with Crippen molar-refractivity contribution in [2.24, 2.45) is 5.92 Å². The Balaban J connectivity index is 1.62. The average Bonchev–Trinajstić information content (AvgIpc) is 3.45. The Morgan fingerprint density at radius 1 is 1.08 bits per heavy atom. The number of anilines is 2. The summed E-state index contributed by atoms with van der Waals surface area (Å²) >= 11 is 13.9. The minimum Gasteiger partial charge on any atom is -0.462 e. The van der Waals surface area contributed by atoms with Gasteiger partial charge in [-0.3, -0.25) is 14.4 Å². The standard InChI is InChI=1S/C26H22Cl2N2O5S/c1-4-34-26(33)19-13(2)14(3)36-25(19)29-23(31)20-21(17-11-10-15(27)12-18(17)28)30(35-22(20)24(29)32)16-8-6-5-7-9-16/h5-12,20-22H,4H2,1-3H3/t20-,21-,22+/m0/s1. The molecule has 2 saturated heterocycles. The first-order valence-corrected chi connectivity index (χ1v) is 12.9. The fourth-order valence-corrected chi connectivity index (χ4v) is 6.36. The van der Waals surface area contributed by atoms with Gasteiger partial charge in [-0.1, -0.05) is 47.5 Å². The third-order valence-corrected chi connectivity index (χ3v) is 8.21. The summed E-state index contributed by atoms with van der Waals surface area (Å²) in [5.41, 5.74) is 2.17. The maximum atomic E-state index is 14.0. The van der Waals surface area contributed by atoms with Crippen molar-refractivity contribution in [3.8, 4) is 0 Å². The predicted octanol–water partition coefficient (Wildman–Crippen LogP) is 5.90. The van der Waals surface area contributed by atoms with Gasteiger partial charge in [0.05, 0.1) is 23.9 Å². The molecule has 3 heterocycles. The number of ether oxygens (including phenoxy) is 1. The summed E-state index contributed by atoms with van der Waals surface area (Å²) in [7, 11) is 0. The van der Waals surface area contributed by atoms with Crippen LogP contribution in [-0.2, 0) is 19.2 Å². The van der Waals surface area contributed by atoms with Crippen LogP contribution in [0.3, 0.4) is 0 Å². The molecule has 2 amide bonds. The quantitative estimate of drug-likeness (QED) is 0.294. The van der Waals surface area contributed by atoms with Crippen molar-refractivity contribution in [3.63, 3.8) is 0 Å². The smallest absolute Gasteiger partial charge is 0.341 e. The number of hydrogen-bond acceptors (Lipinski definition) is 7. The van der Waals surface area contributed by atoms with Gasteiger partial charge >= 0.3 is 5.97 Å². The molecule has 186 valence electrons. The van der Waals surface area contributed by atoms with Gasteiger partial charge in [0, 0.05) is 14.9 Å². The fourth-order valence-electron chi connectivity index (χ4n) is 4.68. The lowest BCUT2D eigenvalue weighted by molar-refractivity contribution is -0.126. The van der Waals surface area contributed by atoms with Gasteiger partial charge in [-0.2, -0.15) is 0 Å². The van der Waals surface area contributed by atoms with Crippen molar-refractivity contribution in [2.75, 3.05) is 16.6 Å². The van der Waals surface area contributed by atoms with Crippen LogP contribution in [0.2, 0.25) is 10.0 Å². The highest BCUT2D eigenvalue weighted by atomic mass is 35.5. The van der Waals surface area contributed by atoms with E-state index < -0.39 is 35.8 Å². The van der Waals surface area contributed by atoms with Crippen LogP contribution in [0.1, 0.15) is 39.3 Å². The molecule has 0 saturated carbocycles. The molecule has 1 aromatic heterocycles. The van der Waals surface area contributed by atoms with E-state index in [1.165, 1.54) is 11.3 Å². The Hall–Kier alpha value is -2.91. The molecule has 2 aliphatic rings. The van der Waals surface area contributed by atoms with Gasteiger partial charge in [-0.15, -0.1) is 11.3 Å². The van der Waals surface area contributed by atoms with Crippen LogP contribution >= 0.6 is 34.5 Å². The van der Waals surface area contributed by atoms with E-state index in [-0.39, 0.29) is 17.2 Å². The molecule has 2 fully saturated rings. The third-order valence-electron chi connectivity index (χ3n) is 6.46. The summed E-state index contributed by atoms with van der Waals surface area (Å²) < 4.78 is 5.23. The largest absolute Gasteiger partial charge is 0.462 e. The number of para-hydroxylation sites is 1. The molecule has 10 heteroatoms. The molecule has 3 atom stereocenters. The number of benzene rings is 2. The monoisotopic (exact) mass is 544 g/mol. The Morgan fingerprint density at radius 3 is 2.47 bits per heavy atom. The first-order chi connectivity index (χ1) is 17.2. The number of hydrogen-bond donors (Lipinski definition) is 0. The van der Waals surface area contributed by atoms with Crippen LogP contribution < -0.4 is 9.96 Å². The Kier molecular flexibility index (Phi) is 6.55. The Labute approximate surface area is 222 Å². The van der Waals surface area contributed by atoms with Gasteiger partial charge in [0.15, 0.2) is 6.10 Å². The van der Waals surface area contributed by atoms with Crippen molar-refractivity contribution in [2.45, 2.75) is 32.9 Å². The van der Waals surface area contributed by atoms with Gasteiger partial charge in [0.1, 0.15) is 10.9 Å². The molecule has 5 rings (SSSR count). The minimum atomic E-state index is -1.09. The Morgan fingerprint density at radius 2 is 1.81 bits per heavy atom. The van der Waals surface area contributed by atoms with Crippen LogP contribution in [0.15, 0.2) is 48.5 Å². The molecule has 0 N–H and O–H groups in total. The number of aryl methyl sites for hydroxylation is 1. The number of hydroxylamine groups is 1. The first kappa shape index (κ1) is 24.8. The van der Waals surface area contributed by atoms with Gasteiger partial charge in [0.25, 0.3) is 5.91 Å². The van der Waals surface area contributed by atoms with Crippen LogP contribution in [-0.4, -0.2) is 30.5 Å². The van der Waals surface area contributed by atoms with Crippen molar-refractivity contribution in [3.05, 3.63) is 80.1 Å². The minimum absolute atomic E-state index is 0.173. The van der Waals surface area contributed by atoms with E-state index in [4.69, 9.17) is 32.8 Å². The molecular weight excluding hydrogens is 523 g/mol. The second kappa shape index (κ2) is 9.52. The normalized spacial score (nSPS) is 21.3. The number of imide groups is 1. The molecule has 36 heavy (non-hydrogen) atoms. The number of halogens is 2. The lowest BCUT2D eigenvalue weighted by atomic mass is 9.90. The summed E-state index contributed by atoms with van der Waals surface area (Å²) in [5, 5.41) is 2.62. The van der Waals surface area contributed by atoms with Crippen LogP contribution in [0.4, 0.5) is 10.7 Å². The van der Waals surface area contributed by atoms with Crippen molar-refractivity contribution >= 4 is 63.0 Å². The van der Waals surface area contributed by atoms with Crippen LogP contribution in [0, 0.1) is 19.8 Å². The van der Waals surface area contributed by atoms with E-state index in [9.17, 15) is 14.4 Å². The molecule has 7 nitrogen and oxygen atoms in total. The molecular formula is C26H22Cl2N2O5S. The molecule has 0 spiro atoms. The summed E-state index contributed by atoms with van der Waals surface area (Å²) in [6, 6.07) is 13.5. The molecule has 0 radical (unpaired) electrons. The topological polar surface area (TPSA) is 76.2 Å². The van der Waals surface area contributed by atoms with Crippen LogP contribution in [0.5, 0.6) is 0 Å². The second-order valence-corrected chi connectivity index (χ2v) is 10.6. The number of thiophene rings is 1. The van der Waals surface area contributed by atoms with E-state index in [0.717, 1.165) is 9.78 Å². The number of fused-ring (bicyclic) bond motifs is 1. The molecule has 2 aromatic carbocycles. The average molecular weight is 545 g/mol. The lowest BCUT2D eigenvalue weighted by Gasteiger charge is -2.29. The van der Waals surface area contributed by atoms with Gasteiger partial charge < -0.3 is 4.74 Å². The zero-order valence-corrected chi connectivity index (χ0v) is 22.0. The number of carbonyl (C=O) groups excluding carboxylic acids is 3. The molecule has 0 bridgehead atoms. The highest BCUT2D eigenvalue weighted by Crippen LogP contribution is 2.50. The summed E-state index contributed by atoms with van der Waals surface area (Å²) in [6.07, 6.45) is -1.09. The summed E-state index contributed by atoms with van der Waals surface area (Å²) in [6.45, 7) is 5.49. The number of esters is 1. The van der Waals surface area contributed by atoms with Crippen molar-refractivity contribution in [1.29, 1.82) is 0 Å². The van der Waals surface area contributed by atoms with E-state index in [1.807, 2.05) is 37.3 Å².